The molecule has 0 aromatic heterocycles. The fraction of sp³-hybridized carbons (Fsp3) is 0.619. The van der Waals surface area contributed by atoms with Gasteiger partial charge >= 0.3 is 6.03 Å². The highest BCUT2D eigenvalue weighted by molar-refractivity contribution is 5.99. The van der Waals surface area contributed by atoms with Gasteiger partial charge in [-0.15, -0.1) is 0 Å². The Bertz CT molecular complexity index is 649. The lowest BCUT2D eigenvalue weighted by molar-refractivity contribution is 0.0876. The van der Waals surface area contributed by atoms with E-state index in [1.54, 1.807) is 6.07 Å². The molecule has 1 heterocycles. The molecule has 6 heteroatoms. The molecule has 27 heavy (non-hydrogen) atoms. The first-order chi connectivity index (χ1) is 13.0. The van der Waals surface area contributed by atoms with Crippen LogP contribution in [0.2, 0.25) is 0 Å². The van der Waals surface area contributed by atoms with E-state index in [1.165, 1.54) is 19.3 Å². The smallest absolute Gasteiger partial charge is 0.321 e. The largest absolute Gasteiger partial charge is 0.325 e. The van der Waals surface area contributed by atoms with Crippen LogP contribution in [0.3, 0.4) is 0 Å². The molecule has 1 N–H and O–H groups in total. The highest BCUT2D eigenvalue weighted by Gasteiger charge is 2.22. The Labute approximate surface area is 162 Å². The zero-order chi connectivity index (χ0) is 19.2. The average Bonchev–Trinajstić information content (AvgIpc) is 2.70. The lowest BCUT2D eigenvalue weighted by atomic mass is 9.95. The molecule has 0 spiro atoms. The monoisotopic (exact) mass is 372 g/mol. The van der Waals surface area contributed by atoms with Crippen molar-refractivity contribution >= 4 is 17.5 Å². The quantitative estimate of drug-likeness (QED) is 0.808. The molecule has 6 nitrogen and oxygen atoms in total. The van der Waals surface area contributed by atoms with Gasteiger partial charge in [-0.1, -0.05) is 31.4 Å². The van der Waals surface area contributed by atoms with E-state index >= 15 is 0 Å². The van der Waals surface area contributed by atoms with Crippen LogP contribution in [0.1, 0.15) is 42.5 Å². The Morgan fingerprint density at radius 1 is 1.11 bits per heavy atom. The third-order valence-electron chi connectivity index (χ3n) is 5.84. The molecule has 1 aliphatic heterocycles. The number of amides is 2. The number of anilines is 1. The van der Waals surface area contributed by atoms with Gasteiger partial charge in [0.1, 0.15) is 0 Å². The molecule has 0 radical (unpaired) electrons. The second-order valence-electron chi connectivity index (χ2n) is 7.92. The summed E-state index contributed by atoms with van der Waals surface area (Å²) in [6.07, 6.45) is 5.81. The SMILES string of the molecule is CN1CCN(CC(=O)c2cccc(NC(=O)N(C)C3CCCCC3)c2)CC1. The van der Waals surface area contributed by atoms with Gasteiger partial charge in [-0.05, 0) is 32.0 Å². The Balaban J connectivity index is 1.56. The number of ketones is 1. The molecule has 148 valence electrons. The van der Waals surface area contributed by atoms with E-state index in [0.717, 1.165) is 39.0 Å². The number of rotatable bonds is 5. The second-order valence-corrected chi connectivity index (χ2v) is 7.92. The number of hydrogen-bond donors (Lipinski definition) is 1. The van der Waals surface area contributed by atoms with Gasteiger partial charge in [0.2, 0.25) is 0 Å². The lowest BCUT2D eigenvalue weighted by Crippen LogP contribution is -2.46. The van der Waals surface area contributed by atoms with Gasteiger partial charge in [0.05, 0.1) is 6.54 Å². The van der Waals surface area contributed by atoms with Crippen LogP contribution in [0.25, 0.3) is 0 Å². The van der Waals surface area contributed by atoms with E-state index in [1.807, 2.05) is 30.1 Å². The first-order valence-corrected chi connectivity index (χ1v) is 10.1. The summed E-state index contributed by atoms with van der Waals surface area (Å²) < 4.78 is 0. The van der Waals surface area contributed by atoms with Gasteiger partial charge in [-0.2, -0.15) is 0 Å². The fourth-order valence-corrected chi connectivity index (χ4v) is 3.92. The maximum atomic E-state index is 12.6. The van der Waals surface area contributed by atoms with E-state index < -0.39 is 0 Å². The van der Waals surface area contributed by atoms with Crippen molar-refractivity contribution in [3.8, 4) is 0 Å². The van der Waals surface area contributed by atoms with Crippen LogP contribution in [0.15, 0.2) is 24.3 Å². The molecule has 0 unspecified atom stereocenters. The zero-order valence-electron chi connectivity index (χ0n) is 16.6. The standard InChI is InChI=1S/C21H32N4O2/c1-23-11-13-25(14-12-23)16-20(26)17-7-6-8-18(15-17)22-21(27)24(2)19-9-4-3-5-10-19/h6-8,15,19H,3-5,9-14,16H2,1-2H3,(H,22,27). The lowest BCUT2D eigenvalue weighted by Gasteiger charge is -2.32. The van der Waals surface area contributed by atoms with E-state index in [2.05, 4.69) is 22.2 Å². The summed E-state index contributed by atoms with van der Waals surface area (Å²) in [6, 6.07) is 7.54. The number of nitrogens with one attached hydrogen (secondary N) is 1. The molecular weight excluding hydrogens is 340 g/mol. The van der Waals surface area contributed by atoms with Crippen molar-refractivity contribution in [1.82, 2.24) is 14.7 Å². The number of urea groups is 1. The van der Waals surface area contributed by atoms with Gasteiger partial charge in [-0.25, -0.2) is 4.79 Å². The number of benzene rings is 1. The number of hydrogen-bond acceptors (Lipinski definition) is 4. The minimum Gasteiger partial charge on any atom is -0.325 e. The minimum absolute atomic E-state index is 0.0921. The van der Waals surface area contributed by atoms with Crippen molar-refractivity contribution < 1.29 is 9.59 Å². The summed E-state index contributed by atoms with van der Waals surface area (Å²) in [6.45, 7) is 4.27. The highest BCUT2D eigenvalue weighted by Crippen LogP contribution is 2.22. The van der Waals surface area contributed by atoms with Crippen molar-refractivity contribution in [2.45, 2.75) is 38.1 Å². The predicted molar refractivity (Wildman–Crippen MR) is 108 cm³/mol. The van der Waals surface area contributed by atoms with Crippen molar-refractivity contribution in [2.75, 3.05) is 52.1 Å². The molecule has 0 bridgehead atoms. The predicted octanol–water partition coefficient (Wildman–Crippen LogP) is 2.91. The van der Waals surface area contributed by atoms with Gasteiger partial charge in [0, 0.05) is 50.5 Å². The second kappa shape index (κ2) is 9.33. The van der Waals surface area contributed by atoms with Crippen molar-refractivity contribution in [2.24, 2.45) is 0 Å². The van der Waals surface area contributed by atoms with E-state index in [4.69, 9.17) is 0 Å². The number of carbonyl (C=O) groups excluding carboxylic acids is 2. The zero-order valence-corrected chi connectivity index (χ0v) is 16.6. The van der Waals surface area contributed by atoms with Crippen LogP contribution >= 0.6 is 0 Å². The van der Waals surface area contributed by atoms with Crippen LogP contribution in [-0.4, -0.2) is 79.4 Å². The van der Waals surface area contributed by atoms with Crippen molar-refractivity contribution in [1.29, 1.82) is 0 Å². The van der Waals surface area contributed by atoms with Crippen LogP contribution in [0, 0.1) is 0 Å². The molecule has 0 atom stereocenters. The maximum absolute atomic E-state index is 12.6. The van der Waals surface area contributed by atoms with Crippen LogP contribution in [0.4, 0.5) is 10.5 Å². The molecule has 1 aliphatic carbocycles. The van der Waals surface area contributed by atoms with Crippen LogP contribution in [0.5, 0.6) is 0 Å². The fourth-order valence-electron chi connectivity index (χ4n) is 3.92. The summed E-state index contributed by atoms with van der Waals surface area (Å²) in [5, 5.41) is 2.96. The highest BCUT2D eigenvalue weighted by atomic mass is 16.2. The third-order valence-corrected chi connectivity index (χ3v) is 5.84. The van der Waals surface area contributed by atoms with Crippen LogP contribution < -0.4 is 5.32 Å². The molecule has 3 rings (SSSR count). The number of carbonyl (C=O) groups is 2. The molecule has 2 fully saturated rings. The first-order valence-electron chi connectivity index (χ1n) is 10.1. The molecule has 1 saturated carbocycles. The normalized spacial score (nSPS) is 19.6. The van der Waals surface area contributed by atoms with Crippen molar-refractivity contribution in [3.63, 3.8) is 0 Å². The van der Waals surface area contributed by atoms with Crippen LogP contribution in [-0.2, 0) is 0 Å². The maximum Gasteiger partial charge on any atom is 0.321 e. The Morgan fingerprint density at radius 3 is 2.52 bits per heavy atom. The van der Waals surface area contributed by atoms with Gasteiger partial charge < -0.3 is 15.1 Å². The molecule has 1 aromatic rings. The topological polar surface area (TPSA) is 55.9 Å². The first kappa shape index (κ1) is 19.8. The van der Waals surface area contributed by atoms with Gasteiger partial charge in [-0.3, -0.25) is 9.69 Å². The molecule has 1 aromatic carbocycles. The summed E-state index contributed by atoms with van der Waals surface area (Å²) in [4.78, 5) is 31.5. The van der Waals surface area contributed by atoms with E-state index in [-0.39, 0.29) is 11.8 Å². The number of Topliss-reactive ketones (excluding diaryl/α,β-unsaturated/α-hetero) is 1. The van der Waals surface area contributed by atoms with Gasteiger partial charge in [0.25, 0.3) is 0 Å². The summed E-state index contributed by atoms with van der Waals surface area (Å²) in [5.74, 6) is 0.108. The average molecular weight is 373 g/mol. The molecule has 2 aliphatic rings. The van der Waals surface area contributed by atoms with E-state index in [0.29, 0.717) is 23.8 Å². The van der Waals surface area contributed by atoms with E-state index in [9.17, 15) is 9.59 Å². The summed E-state index contributed by atoms with van der Waals surface area (Å²) in [7, 11) is 3.98. The number of piperazine rings is 1. The minimum atomic E-state index is -0.0921. The Morgan fingerprint density at radius 2 is 1.81 bits per heavy atom. The third kappa shape index (κ3) is 5.53. The molecule has 2 amide bonds. The Kier molecular flexibility index (Phi) is 6.85. The summed E-state index contributed by atoms with van der Waals surface area (Å²) >= 11 is 0. The molecular formula is C21H32N4O2. The van der Waals surface area contributed by atoms with Gasteiger partial charge in [0.15, 0.2) is 5.78 Å². The number of likely N-dealkylation sites (N-methyl/N-ethyl adjacent to an activating group) is 1. The molecule has 1 saturated heterocycles. The number of nitrogens with zero attached hydrogens (tertiary/aromatic N) is 3. The summed E-state index contributed by atoms with van der Waals surface area (Å²) in [5.41, 5.74) is 1.35. The Hall–Kier alpha value is -1.92. The van der Waals surface area contributed by atoms with Crippen molar-refractivity contribution in [3.05, 3.63) is 29.8 Å².